The van der Waals surface area contributed by atoms with E-state index < -0.39 is 0 Å². The first-order valence-corrected chi connectivity index (χ1v) is 11.2. The van der Waals surface area contributed by atoms with Crippen LogP contribution in [0.15, 0.2) is 39.9 Å². The lowest BCUT2D eigenvalue weighted by Gasteiger charge is -2.40. The summed E-state index contributed by atoms with van der Waals surface area (Å²) in [5.41, 5.74) is 1.10. The molecule has 30 heavy (non-hydrogen) atoms. The van der Waals surface area contributed by atoms with Gasteiger partial charge in [0.15, 0.2) is 5.96 Å². The molecule has 2 N–H and O–H groups in total. The molecule has 1 aliphatic heterocycles. The van der Waals surface area contributed by atoms with Gasteiger partial charge in [0.05, 0.1) is 12.2 Å². The molecule has 162 valence electrons. The number of guanidine groups is 1. The van der Waals surface area contributed by atoms with Crippen molar-refractivity contribution in [2.45, 2.75) is 83.4 Å². The van der Waals surface area contributed by atoms with Crippen molar-refractivity contribution in [1.29, 1.82) is 0 Å². The summed E-state index contributed by atoms with van der Waals surface area (Å²) in [6, 6.07) is 8.55. The van der Waals surface area contributed by atoms with Gasteiger partial charge in [-0.25, -0.2) is 9.98 Å². The highest BCUT2D eigenvalue weighted by molar-refractivity contribution is 5.80. The van der Waals surface area contributed by atoms with Crippen LogP contribution in [0.4, 0.5) is 0 Å². The lowest BCUT2D eigenvalue weighted by Crippen LogP contribution is -2.46. The SMILES string of the molecule is CCNC(=NCc1ncc(C(C)(C)C)o1)NC1CC2(CCCC2)Oc2ccccc21. The number of benzene rings is 1. The minimum Gasteiger partial charge on any atom is -0.487 e. The fraction of sp³-hybridized carbons (Fsp3) is 0.583. The van der Waals surface area contributed by atoms with Gasteiger partial charge in [-0.1, -0.05) is 39.0 Å². The second-order valence-electron chi connectivity index (χ2n) is 9.49. The van der Waals surface area contributed by atoms with Crippen LogP contribution < -0.4 is 15.4 Å². The van der Waals surface area contributed by atoms with Gasteiger partial charge in [-0.3, -0.25) is 0 Å². The molecule has 0 radical (unpaired) electrons. The zero-order valence-electron chi connectivity index (χ0n) is 18.6. The predicted molar refractivity (Wildman–Crippen MR) is 119 cm³/mol. The zero-order chi connectivity index (χ0) is 21.2. The highest BCUT2D eigenvalue weighted by Crippen LogP contribution is 2.46. The van der Waals surface area contributed by atoms with Crippen LogP contribution >= 0.6 is 0 Å². The lowest BCUT2D eigenvalue weighted by atomic mass is 9.86. The van der Waals surface area contributed by atoms with Gasteiger partial charge in [0.25, 0.3) is 0 Å². The van der Waals surface area contributed by atoms with Crippen LogP contribution in [0.1, 0.15) is 83.1 Å². The third kappa shape index (κ3) is 4.47. The van der Waals surface area contributed by atoms with Gasteiger partial charge in [0.1, 0.15) is 23.7 Å². The van der Waals surface area contributed by atoms with Crippen molar-refractivity contribution in [1.82, 2.24) is 15.6 Å². The molecular weight excluding hydrogens is 376 g/mol. The van der Waals surface area contributed by atoms with Crippen molar-refractivity contribution >= 4 is 5.96 Å². The number of aliphatic imine (C=N–C) groups is 1. The zero-order valence-corrected chi connectivity index (χ0v) is 18.6. The Labute approximate surface area is 179 Å². The average molecular weight is 411 g/mol. The van der Waals surface area contributed by atoms with Crippen molar-refractivity contribution in [2.24, 2.45) is 4.99 Å². The maximum absolute atomic E-state index is 6.49. The van der Waals surface area contributed by atoms with E-state index >= 15 is 0 Å². The summed E-state index contributed by atoms with van der Waals surface area (Å²) >= 11 is 0. The van der Waals surface area contributed by atoms with Crippen LogP contribution in [0.2, 0.25) is 0 Å². The normalized spacial score (nSPS) is 20.7. The van der Waals surface area contributed by atoms with E-state index in [9.17, 15) is 0 Å². The number of hydrogen-bond acceptors (Lipinski definition) is 4. The van der Waals surface area contributed by atoms with Gasteiger partial charge in [-0.15, -0.1) is 0 Å². The minimum absolute atomic E-state index is 0.0481. The third-order valence-electron chi connectivity index (χ3n) is 6.03. The van der Waals surface area contributed by atoms with Gasteiger partial charge in [0.2, 0.25) is 5.89 Å². The average Bonchev–Trinajstić information content (AvgIpc) is 3.36. The van der Waals surface area contributed by atoms with Gasteiger partial charge < -0.3 is 19.8 Å². The molecule has 0 amide bonds. The maximum Gasteiger partial charge on any atom is 0.216 e. The summed E-state index contributed by atoms with van der Waals surface area (Å²) in [7, 11) is 0. The number of fused-ring (bicyclic) bond motifs is 1. The number of aromatic nitrogens is 1. The van der Waals surface area contributed by atoms with E-state index in [1.54, 1.807) is 0 Å². The highest BCUT2D eigenvalue weighted by Gasteiger charge is 2.43. The van der Waals surface area contributed by atoms with Crippen molar-refractivity contribution < 1.29 is 9.15 Å². The Kier molecular flexibility index (Phi) is 5.76. The third-order valence-corrected chi connectivity index (χ3v) is 6.03. The predicted octanol–water partition coefficient (Wildman–Crippen LogP) is 4.86. The number of nitrogens with zero attached hydrogens (tertiary/aromatic N) is 2. The van der Waals surface area contributed by atoms with E-state index in [-0.39, 0.29) is 17.1 Å². The van der Waals surface area contributed by atoms with E-state index in [1.807, 2.05) is 6.20 Å². The molecule has 1 aromatic heterocycles. The molecule has 1 unspecified atom stereocenters. The van der Waals surface area contributed by atoms with Crippen molar-refractivity contribution in [2.75, 3.05) is 6.54 Å². The fourth-order valence-electron chi connectivity index (χ4n) is 4.43. The topological polar surface area (TPSA) is 71.7 Å². The molecular formula is C24H34N4O2. The summed E-state index contributed by atoms with van der Waals surface area (Å²) in [6.45, 7) is 9.63. The minimum atomic E-state index is -0.0564. The maximum atomic E-state index is 6.49. The van der Waals surface area contributed by atoms with Crippen molar-refractivity contribution in [3.05, 3.63) is 47.7 Å². The largest absolute Gasteiger partial charge is 0.487 e. The highest BCUT2D eigenvalue weighted by atomic mass is 16.5. The Hall–Kier alpha value is -2.50. The number of hydrogen-bond donors (Lipinski definition) is 2. The second kappa shape index (κ2) is 8.32. The number of oxazole rings is 1. The van der Waals surface area contributed by atoms with Gasteiger partial charge in [-0.05, 0) is 38.7 Å². The molecule has 0 bridgehead atoms. The van der Waals surface area contributed by atoms with Crippen LogP contribution in [-0.2, 0) is 12.0 Å². The molecule has 2 aliphatic rings. The van der Waals surface area contributed by atoms with Crippen LogP contribution in [0, 0.1) is 0 Å². The molecule has 4 rings (SSSR count). The summed E-state index contributed by atoms with van der Waals surface area (Å²) in [5, 5.41) is 7.04. The van der Waals surface area contributed by atoms with E-state index in [0.717, 1.165) is 43.3 Å². The molecule has 6 nitrogen and oxygen atoms in total. The first-order chi connectivity index (χ1) is 14.4. The Balaban J connectivity index is 1.53. The number of rotatable bonds is 4. The first kappa shape index (κ1) is 20.8. The standard InChI is InChI=1S/C24H34N4O2/c1-5-25-22(27-16-21-26-15-20(29-21)23(2,3)4)28-18-14-24(12-8-9-13-24)30-19-11-7-6-10-17(18)19/h6-7,10-11,15,18H,5,8-9,12-14,16H2,1-4H3,(H2,25,27,28). The molecule has 1 fully saturated rings. The van der Waals surface area contributed by atoms with E-state index in [2.05, 4.69) is 67.6 Å². The lowest BCUT2D eigenvalue weighted by molar-refractivity contribution is 0.0396. The van der Waals surface area contributed by atoms with Crippen LogP contribution in [-0.4, -0.2) is 23.1 Å². The smallest absolute Gasteiger partial charge is 0.216 e. The molecule has 1 aliphatic carbocycles. The molecule has 1 atom stereocenters. The molecule has 1 spiro atoms. The Morgan fingerprint density at radius 2 is 2.00 bits per heavy atom. The first-order valence-electron chi connectivity index (χ1n) is 11.2. The van der Waals surface area contributed by atoms with Crippen LogP contribution in [0.5, 0.6) is 5.75 Å². The van der Waals surface area contributed by atoms with Crippen LogP contribution in [0.25, 0.3) is 0 Å². The number of ether oxygens (including phenoxy) is 1. The van der Waals surface area contributed by atoms with Crippen LogP contribution in [0.3, 0.4) is 0 Å². The molecule has 1 saturated carbocycles. The number of para-hydroxylation sites is 1. The molecule has 2 heterocycles. The van der Waals surface area contributed by atoms with Gasteiger partial charge in [0, 0.05) is 23.9 Å². The summed E-state index contributed by atoms with van der Waals surface area (Å²) in [5.74, 6) is 3.30. The fourth-order valence-corrected chi connectivity index (χ4v) is 4.43. The van der Waals surface area contributed by atoms with E-state index in [1.165, 1.54) is 18.4 Å². The summed E-state index contributed by atoms with van der Waals surface area (Å²) < 4.78 is 12.4. The molecule has 6 heteroatoms. The quantitative estimate of drug-likeness (QED) is 0.556. The Bertz CT molecular complexity index is 891. The molecule has 0 saturated heterocycles. The summed E-state index contributed by atoms with van der Waals surface area (Å²) in [6.07, 6.45) is 7.50. The van der Waals surface area contributed by atoms with Crippen molar-refractivity contribution in [3.63, 3.8) is 0 Å². The van der Waals surface area contributed by atoms with Crippen molar-refractivity contribution in [3.8, 4) is 5.75 Å². The van der Waals surface area contributed by atoms with E-state index in [4.69, 9.17) is 14.1 Å². The van der Waals surface area contributed by atoms with E-state index in [0.29, 0.717) is 12.4 Å². The number of nitrogens with one attached hydrogen (secondary N) is 2. The second-order valence-corrected chi connectivity index (χ2v) is 9.49. The van der Waals surface area contributed by atoms with Gasteiger partial charge in [-0.2, -0.15) is 0 Å². The summed E-state index contributed by atoms with van der Waals surface area (Å²) in [4.78, 5) is 9.16. The molecule has 1 aromatic carbocycles. The van der Waals surface area contributed by atoms with Gasteiger partial charge >= 0.3 is 0 Å². The Morgan fingerprint density at radius 1 is 1.23 bits per heavy atom. The molecule has 2 aromatic rings. The Morgan fingerprint density at radius 3 is 2.70 bits per heavy atom. The monoisotopic (exact) mass is 410 g/mol.